The van der Waals surface area contributed by atoms with Crippen molar-refractivity contribution in [2.45, 2.75) is 77.7 Å². The van der Waals surface area contributed by atoms with Gasteiger partial charge >= 0.3 is 18.3 Å². The number of hydrogen-bond acceptors (Lipinski definition) is 6. The monoisotopic (exact) mass is 551 g/mol. The Morgan fingerprint density at radius 3 is 2.00 bits per heavy atom. The summed E-state index contributed by atoms with van der Waals surface area (Å²) in [6.07, 6.45) is -3.48. The molecule has 0 aliphatic rings. The van der Waals surface area contributed by atoms with E-state index in [0.29, 0.717) is 17.5 Å². The topological polar surface area (TPSA) is 90.9 Å². The molecule has 0 saturated carbocycles. The number of carbonyl (C=O) groups excluding carboxylic acids is 3. The van der Waals surface area contributed by atoms with Crippen molar-refractivity contribution < 1.29 is 41.8 Å². The molecule has 1 N–H and O–H groups in total. The van der Waals surface area contributed by atoms with E-state index in [1.807, 2.05) is 6.92 Å². The summed E-state index contributed by atoms with van der Waals surface area (Å²) in [6.45, 7) is 9.29. The zero-order chi connectivity index (χ0) is 29.2. The maximum Gasteiger partial charge on any atom is 0.573 e. The van der Waals surface area contributed by atoms with Crippen LogP contribution >= 0.6 is 0 Å². The van der Waals surface area contributed by atoms with Crippen LogP contribution in [-0.2, 0) is 19.1 Å². The van der Waals surface area contributed by atoms with Crippen molar-refractivity contribution in [2.75, 3.05) is 13.2 Å². The van der Waals surface area contributed by atoms with Gasteiger partial charge in [0.2, 0.25) is 0 Å². The Bertz CT molecular complexity index is 1090. The Hall–Kier alpha value is -3.56. The lowest BCUT2D eigenvalue weighted by Crippen LogP contribution is -2.31. The molecule has 1 amide bonds. The number of ether oxygens (including phenoxy) is 3. The first-order chi connectivity index (χ1) is 18.2. The van der Waals surface area contributed by atoms with Crippen molar-refractivity contribution in [3.8, 4) is 5.75 Å². The first-order valence-corrected chi connectivity index (χ1v) is 12.9. The lowest BCUT2D eigenvalue weighted by molar-refractivity contribution is -0.274. The lowest BCUT2D eigenvalue weighted by atomic mass is 9.78. The van der Waals surface area contributed by atoms with Crippen LogP contribution in [0.1, 0.15) is 87.2 Å². The Kier molecular flexibility index (Phi) is 11.4. The van der Waals surface area contributed by atoms with Crippen molar-refractivity contribution in [2.24, 2.45) is 0 Å². The van der Waals surface area contributed by atoms with E-state index in [4.69, 9.17) is 9.47 Å². The van der Waals surface area contributed by atoms with Crippen LogP contribution in [0.4, 0.5) is 13.2 Å². The number of hydrogen-bond donors (Lipinski definition) is 1. The molecule has 214 valence electrons. The van der Waals surface area contributed by atoms with E-state index in [1.165, 1.54) is 24.3 Å². The molecule has 2 unspecified atom stereocenters. The normalized spacial score (nSPS) is 13.2. The number of rotatable bonds is 12. The van der Waals surface area contributed by atoms with Gasteiger partial charge in [-0.15, -0.1) is 13.2 Å². The average Bonchev–Trinajstić information content (AvgIpc) is 2.83. The van der Waals surface area contributed by atoms with E-state index in [1.54, 1.807) is 52.0 Å². The molecule has 2 aromatic rings. The van der Waals surface area contributed by atoms with Gasteiger partial charge in [0, 0.05) is 18.0 Å². The van der Waals surface area contributed by atoms with E-state index in [0.717, 1.165) is 12.0 Å². The molecule has 7 nitrogen and oxygen atoms in total. The van der Waals surface area contributed by atoms with E-state index < -0.39 is 29.8 Å². The summed E-state index contributed by atoms with van der Waals surface area (Å²) in [5.74, 6) is -2.84. The summed E-state index contributed by atoms with van der Waals surface area (Å²) in [5, 5.41) is 2.67. The molecule has 0 spiro atoms. The van der Waals surface area contributed by atoms with Gasteiger partial charge in [-0.3, -0.25) is 14.4 Å². The summed E-state index contributed by atoms with van der Waals surface area (Å²) in [6, 6.07) is 12.0. The molecule has 0 aliphatic carbocycles. The van der Waals surface area contributed by atoms with Crippen molar-refractivity contribution in [3.05, 3.63) is 65.2 Å². The van der Waals surface area contributed by atoms with Crippen molar-refractivity contribution in [1.82, 2.24) is 5.32 Å². The molecule has 0 aliphatic heterocycles. The maximum absolute atomic E-state index is 13.4. The molecule has 0 heterocycles. The third-order valence-corrected chi connectivity index (χ3v) is 5.66. The Labute approximate surface area is 227 Å². The molecule has 2 atom stereocenters. The van der Waals surface area contributed by atoms with Crippen LogP contribution < -0.4 is 10.1 Å². The van der Waals surface area contributed by atoms with E-state index in [2.05, 4.69) is 10.1 Å². The fourth-order valence-electron chi connectivity index (χ4n) is 4.11. The van der Waals surface area contributed by atoms with Gasteiger partial charge in [-0.25, -0.2) is 0 Å². The fourth-order valence-corrected chi connectivity index (χ4v) is 4.11. The molecule has 0 bridgehead atoms. The van der Waals surface area contributed by atoms with Gasteiger partial charge in [0.05, 0.1) is 18.9 Å². The van der Waals surface area contributed by atoms with E-state index >= 15 is 0 Å². The highest BCUT2D eigenvalue weighted by atomic mass is 19.4. The summed E-state index contributed by atoms with van der Waals surface area (Å²) < 4.78 is 52.5. The number of halogens is 3. The zero-order valence-corrected chi connectivity index (χ0v) is 22.9. The van der Waals surface area contributed by atoms with Crippen LogP contribution in [-0.4, -0.2) is 43.0 Å². The minimum Gasteiger partial charge on any atom is -0.466 e. The third kappa shape index (κ3) is 10.6. The third-order valence-electron chi connectivity index (χ3n) is 5.66. The van der Waals surface area contributed by atoms with Crippen molar-refractivity contribution in [3.63, 3.8) is 0 Å². The Balaban J connectivity index is 2.33. The summed E-state index contributed by atoms with van der Waals surface area (Å²) >= 11 is 0. The fraction of sp³-hybridized carbons (Fsp3) is 0.483. The van der Waals surface area contributed by atoms with Crippen molar-refractivity contribution >= 4 is 17.8 Å². The molecule has 2 aromatic carbocycles. The van der Waals surface area contributed by atoms with Crippen LogP contribution in [0.25, 0.3) is 0 Å². The number of carbonyl (C=O) groups is 3. The first-order valence-electron chi connectivity index (χ1n) is 12.9. The molecule has 0 fully saturated rings. The molecule has 0 radical (unpaired) electrons. The quantitative estimate of drug-likeness (QED) is 0.313. The molecule has 0 saturated heterocycles. The predicted octanol–water partition coefficient (Wildman–Crippen LogP) is 6.28. The smallest absolute Gasteiger partial charge is 0.466 e. The molecule has 39 heavy (non-hydrogen) atoms. The average molecular weight is 552 g/mol. The minimum absolute atomic E-state index is 0.0562. The second-order valence-corrected chi connectivity index (χ2v) is 9.96. The van der Waals surface area contributed by atoms with Gasteiger partial charge in [-0.1, -0.05) is 37.6 Å². The molecular weight excluding hydrogens is 515 g/mol. The second-order valence-electron chi connectivity index (χ2n) is 9.96. The molecule has 0 aromatic heterocycles. The van der Waals surface area contributed by atoms with Gasteiger partial charge in [-0.2, -0.15) is 0 Å². The van der Waals surface area contributed by atoms with Gasteiger partial charge in [0.1, 0.15) is 11.4 Å². The van der Waals surface area contributed by atoms with E-state index in [9.17, 15) is 27.6 Å². The standard InChI is InChI=1S/C29H36F3NO6/c1-6-8-23(19-9-11-21(12-10-19)26(35)33-18-17-24(34)37-7-2)25(27(36)39-28(3,4)5)20-13-15-22(16-14-20)38-29(30,31)32/h9-16,23,25H,6-8,17-18H2,1-5H3,(H,33,35). The van der Waals surface area contributed by atoms with Crippen molar-refractivity contribution in [1.29, 1.82) is 0 Å². The highest BCUT2D eigenvalue weighted by molar-refractivity contribution is 5.94. The SMILES string of the molecule is CCCC(c1ccc(C(=O)NCCC(=O)OCC)cc1)C(C(=O)OC(C)(C)C)c1ccc(OC(F)(F)F)cc1. The Morgan fingerprint density at radius 1 is 0.897 bits per heavy atom. The van der Waals surface area contributed by atoms with Gasteiger partial charge in [0.15, 0.2) is 0 Å². The molecule has 2 rings (SSSR count). The Morgan fingerprint density at radius 2 is 1.49 bits per heavy atom. The number of nitrogens with one attached hydrogen (secondary N) is 1. The van der Waals surface area contributed by atoms with Crippen LogP contribution in [0.3, 0.4) is 0 Å². The predicted molar refractivity (Wildman–Crippen MR) is 139 cm³/mol. The minimum atomic E-state index is -4.83. The number of benzene rings is 2. The van der Waals surface area contributed by atoms with Crippen LogP contribution in [0, 0.1) is 0 Å². The first kappa shape index (κ1) is 31.7. The highest BCUT2D eigenvalue weighted by Gasteiger charge is 2.35. The van der Waals surface area contributed by atoms with Gasteiger partial charge in [-0.05, 0) is 69.5 Å². The summed E-state index contributed by atoms with van der Waals surface area (Å²) in [4.78, 5) is 37.4. The summed E-state index contributed by atoms with van der Waals surface area (Å²) in [5.41, 5.74) is 0.849. The van der Waals surface area contributed by atoms with Crippen LogP contribution in [0.2, 0.25) is 0 Å². The lowest BCUT2D eigenvalue weighted by Gasteiger charge is -2.30. The second kappa shape index (κ2) is 14.0. The highest BCUT2D eigenvalue weighted by Crippen LogP contribution is 2.39. The largest absolute Gasteiger partial charge is 0.573 e. The number of alkyl halides is 3. The zero-order valence-electron chi connectivity index (χ0n) is 22.9. The van der Waals surface area contributed by atoms with E-state index in [-0.39, 0.29) is 37.1 Å². The molecule has 10 heteroatoms. The summed E-state index contributed by atoms with van der Waals surface area (Å²) in [7, 11) is 0. The van der Waals surface area contributed by atoms with Crippen LogP contribution in [0.5, 0.6) is 5.75 Å². The maximum atomic E-state index is 13.4. The van der Waals surface area contributed by atoms with Gasteiger partial charge in [0.25, 0.3) is 5.91 Å². The number of esters is 2. The molecular formula is C29H36F3NO6. The van der Waals surface area contributed by atoms with Crippen LogP contribution in [0.15, 0.2) is 48.5 Å². The van der Waals surface area contributed by atoms with Gasteiger partial charge < -0.3 is 19.5 Å². The number of amides is 1.